The third kappa shape index (κ3) is 43.6. The van der Waals surface area contributed by atoms with Crippen LogP contribution in [0.5, 0.6) is 0 Å². The number of hydrogen-bond donors (Lipinski definition) is 0. The minimum atomic E-state index is -1.62. The second kappa shape index (κ2) is 37.8. The van der Waals surface area contributed by atoms with Crippen molar-refractivity contribution in [1.29, 1.82) is 0 Å². The van der Waals surface area contributed by atoms with Crippen LogP contribution in [0.15, 0.2) is 0 Å². The Hall–Kier alpha value is -3.49. The van der Waals surface area contributed by atoms with E-state index in [2.05, 4.69) is 0 Å². The van der Waals surface area contributed by atoms with E-state index in [-0.39, 0.29) is 0 Å². The number of hydrogen-bond acceptors (Lipinski definition) is 20. The maximum absolute atomic E-state index is 10.4. The summed E-state index contributed by atoms with van der Waals surface area (Å²) < 4.78 is 21.0. The number of Topliss-reactive ketones (excluding diaryl/α,β-unsaturated/α-hetero) is 8. The molecule has 0 bridgehead atoms. The topological polar surface area (TPSA) is 334 Å². The van der Waals surface area contributed by atoms with Crippen molar-refractivity contribution in [2.75, 3.05) is 0 Å². The van der Waals surface area contributed by atoms with Crippen molar-refractivity contribution in [3.63, 3.8) is 0 Å². The molecule has 20 nitrogen and oxygen atoms in total. The Morgan fingerprint density at radius 2 is 0.397 bits per heavy atom. The van der Waals surface area contributed by atoms with Gasteiger partial charge < -0.3 is 39.6 Å². The van der Waals surface area contributed by atoms with E-state index >= 15 is 0 Å². The Bertz CT molecular complexity index is 1040. The Morgan fingerprint density at radius 3 is 0.431 bits per heavy atom. The molecule has 22 heteroatoms. The van der Waals surface area contributed by atoms with Gasteiger partial charge in [0, 0.05) is 0 Å². The molecular formula is C36H56O20Ti2. The fourth-order valence-electron chi connectivity index (χ4n) is 2.91. The van der Waals surface area contributed by atoms with Crippen molar-refractivity contribution in [1.82, 2.24) is 0 Å². The number of carbonyl (C=O) groups excluding carboxylic acids is 12. The zero-order valence-electron chi connectivity index (χ0n) is 35.8. The molecule has 0 amide bonds. The predicted octanol–water partition coefficient (Wildman–Crippen LogP) is -2.38. The third-order valence-electron chi connectivity index (χ3n) is 5.33. The van der Waals surface area contributed by atoms with Gasteiger partial charge in [-0.05, 0) is 55.4 Å². The molecule has 0 N–H and O–H groups in total. The number of ketones is 8. The van der Waals surface area contributed by atoms with Gasteiger partial charge in [-0.2, -0.15) is 0 Å². The van der Waals surface area contributed by atoms with Crippen LogP contribution < -0.4 is 20.4 Å². The summed E-state index contributed by atoms with van der Waals surface area (Å²) in [4.78, 5) is 123. The van der Waals surface area contributed by atoms with Crippen LogP contribution in [0.2, 0.25) is 0 Å². The summed E-state index contributed by atoms with van der Waals surface area (Å²) >= 11 is -1.15. The van der Waals surface area contributed by atoms with Crippen molar-refractivity contribution >= 4 is 70.1 Å². The van der Waals surface area contributed by atoms with Crippen LogP contribution in [0.1, 0.15) is 111 Å². The zero-order valence-corrected chi connectivity index (χ0v) is 38.9. The van der Waals surface area contributed by atoms with Crippen LogP contribution in [-0.2, 0) is 111 Å². The van der Waals surface area contributed by atoms with E-state index in [1.54, 1.807) is 0 Å². The van der Waals surface area contributed by atoms with Crippen LogP contribution in [0.3, 0.4) is 0 Å². The predicted molar refractivity (Wildman–Crippen MR) is 184 cm³/mol. The summed E-state index contributed by atoms with van der Waals surface area (Å²) in [5.41, 5.74) is 0. The van der Waals surface area contributed by atoms with Gasteiger partial charge in [-0.3, -0.25) is 38.4 Å². The average molecular weight is 905 g/mol. The summed E-state index contributed by atoms with van der Waals surface area (Å²) in [6.45, 7) is 24.5. The first-order chi connectivity index (χ1) is 26.1. The van der Waals surface area contributed by atoms with Crippen molar-refractivity contribution < 1.29 is 131 Å². The SMILES string of the molecule is CC(=O)C(C(C)=O)C(=O)[O-].CC(=O)C(C(C)=O)C(=O)[O-].CC(=O)C(C(C)=O)C(=O)[O-].CC(=O)C(C(C)=O)C(=O)[O-].CC(C)[O][Ti+2][O]C(C)C.CC(C)[O][Ti+2][O]C(C)C. The molecule has 0 aliphatic rings. The summed E-state index contributed by atoms with van der Waals surface area (Å²) in [6, 6.07) is 0. The summed E-state index contributed by atoms with van der Waals surface area (Å²) in [7, 11) is 0. The number of aliphatic carboxylic acids is 4. The number of rotatable bonds is 20. The van der Waals surface area contributed by atoms with Crippen LogP contribution in [-0.4, -0.2) is 94.6 Å². The minimum absolute atomic E-state index is 0.323. The summed E-state index contributed by atoms with van der Waals surface area (Å²) in [6.07, 6.45) is 1.29. The van der Waals surface area contributed by atoms with Gasteiger partial charge in [0.25, 0.3) is 0 Å². The van der Waals surface area contributed by atoms with E-state index in [1.807, 2.05) is 55.4 Å². The molecule has 0 rings (SSSR count). The van der Waals surface area contributed by atoms with E-state index in [0.29, 0.717) is 24.4 Å². The number of carbonyl (C=O) groups is 12. The molecule has 0 saturated carbocycles. The molecule has 0 atom stereocenters. The van der Waals surface area contributed by atoms with E-state index < -0.39 is 134 Å². The molecular weight excluding hydrogens is 848 g/mol. The molecule has 0 aromatic rings. The normalized spacial score (nSPS) is 9.79. The maximum atomic E-state index is 10.4. The molecule has 0 heterocycles. The van der Waals surface area contributed by atoms with E-state index in [1.165, 1.54) is 0 Å². The van der Waals surface area contributed by atoms with E-state index in [0.717, 1.165) is 55.4 Å². The Morgan fingerprint density at radius 1 is 0.293 bits per heavy atom. The van der Waals surface area contributed by atoms with Gasteiger partial charge in [0.15, 0.2) is 0 Å². The molecule has 0 spiro atoms. The molecule has 0 unspecified atom stereocenters. The monoisotopic (exact) mass is 904 g/mol. The summed E-state index contributed by atoms with van der Waals surface area (Å²) in [5, 5.41) is 40.1. The van der Waals surface area contributed by atoms with Gasteiger partial charge in [-0.1, -0.05) is 0 Å². The zero-order chi connectivity index (χ0) is 47.8. The van der Waals surface area contributed by atoms with Gasteiger partial charge in [0.1, 0.15) is 69.9 Å². The van der Waals surface area contributed by atoms with Gasteiger partial charge in [0.05, 0.1) is 23.9 Å². The van der Waals surface area contributed by atoms with Crippen molar-refractivity contribution in [2.24, 2.45) is 23.7 Å². The van der Waals surface area contributed by atoms with Gasteiger partial charge >= 0.3 is 133 Å². The van der Waals surface area contributed by atoms with Crippen LogP contribution in [0.4, 0.5) is 0 Å². The Kier molecular flexibility index (Phi) is 43.2. The molecule has 0 aliphatic heterocycles. The third-order valence-corrected chi connectivity index (χ3v) is 8.88. The first-order valence-electron chi connectivity index (χ1n) is 17.1. The molecule has 0 aromatic carbocycles. The first-order valence-corrected chi connectivity index (χ1v) is 19.7. The Labute approximate surface area is 358 Å². The van der Waals surface area contributed by atoms with E-state index in [4.69, 9.17) is 13.3 Å². The average Bonchev–Trinajstić information content (AvgIpc) is 2.95. The van der Waals surface area contributed by atoms with Gasteiger partial charge in [-0.25, -0.2) is 0 Å². The second-order valence-corrected chi connectivity index (χ2v) is 14.7. The van der Waals surface area contributed by atoms with Crippen molar-refractivity contribution in [3.05, 3.63) is 0 Å². The molecule has 328 valence electrons. The first kappa shape index (κ1) is 66.3. The molecule has 0 aromatic heterocycles. The van der Waals surface area contributed by atoms with Gasteiger partial charge in [0.2, 0.25) is 0 Å². The Balaban J connectivity index is -0.000000140. The van der Waals surface area contributed by atoms with Crippen molar-refractivity contribution in [3.8, 4) is 0 Å². The fraction of sp³-hybridized carbons (Fsp3) is 0.667. The van der Waals surface area contributed by atoms with Crippen molar-refractivity contribution in [2.45, 2.75) is 135 Å². The van der Waals surface area contributed by atoms with Crippen LogP contribution in [0.25, 0.3) is 0 Å². The molecule has 0 saturated heterocycles. The van der Waals surface area contributed by atoms with Gasteiger partial charge in [-0.15, -0.1) is 0 Å². The van der Waals surface area contributed by atoms with Crippen LogP contribution in [0, 0.1) is 23.7 Å². The number of carboxylic acids is 4. The molecule has 58 heavy (non-hydrogen) atoms. The number of carboxylic acid groups (broad SMARTS) is 4. The quantitative estimate of drug-likeness (QED) is 0.0909. The molecule has 0 fully saturated rings. The second-order valence-electron chi connectivity index (χ2n) is 12.7. The van der Waals surface area contributed by atoms with E-state index in [9.17, 15) is 78.0 Å². The molecule has 0 radical (unpaired) electrons. The molecule has 0 aliphatic carbocycles. The summed E-state index contributed by atoms with van der Waals surface area (Å²) in [5.74, 6) is -18.3. The standard InChI is InChI=1S/4C6H8O4.4C3H7O.2Ti/c4*1-3(7)5(4(2)8)6(9)10;4*1-3(2)4;;/h4*5H,1-2H3,(H,9,10);4*3H,1-2H3;;/q;;;;4*-1;2*+4/p-4. The fourth-order valence-corrected chi connectivity index (χ4v) is 4.29. The van der Waals surface area contributed by atoms with Crippen LogP contribution >= 0.6 is 0 Å².